The van der Waals surface area contributed by atoms with Crippen LogP contribution in [0.4, 0.5) is 5.69 Å². The molecule has 66 valence electrons. The summed E-state index contributed by atoms with van der Waals surface area (Å²) in [5.74, 6) is -0.0305. The number of carbonyl (C=O) groups excluding carboxylic acids is 1. The summed E-state index contributed by atoms with van der Waals surface area (Å²) in [6.45, 7) is 0. The maximum absolute atomic E-state index is 10.6. The number of hydrogen-bond acceptors (Lipinski definition) is 4. The summed E-state index contributed by atoms with van der Waals surface area (Å²) in [7, 11) is 0. The normalized spacial score (nSPS) is 10.5. The standard InChI is InChI=1S/C9H7NO2S/c10-8-7(12)3-5(4-11)6-1-2-13-9(6)8/h1-4,12H,10H2. The molecule has 3 N–H and O–H groups in total. The minimum Gasteiger partial charge on any atom is -0.506 e. The Labute approximate surface area is 78.4 Å². The average Bonchev–Trinajstić information content (AvgIpc) is 2.60. The van der Waals surface area contributed by atoms with Gasteiger partial charge in [0.1, 0.15) is 5.75 Å². The fraction of sp³-hybridized carbons (Fsp3) is 0. The van der Waals surface area contributed by atoms with E-state index in [1.54, 1.807) is 0 Å². The molecule has 0 spiro atoms. The van der Waals surface area contributed by atoms with E-state index >= 15 is 0 Å². The topological polar surface area (TPSA) is 63.3 Å². The lowest BCUT2D eigenvalue weighted by Gasteiger charge is -2.01. The van der Waals surface area contributed by atoms with Gasteiger partial charge < -0.3 is 10.8 Å². The third-order valence-electron chi connectivity index (χ3n) is 1.92. The molecular weight excluding hydrogens is 186 g/mol. The second kappa shape index (κ2) is 2.74. The highest BCUT2D eigenvalue weighted by atomic mass is 32.1. The Balaban J connectivity index is 2.95. The van der Waals surface area contributed by atoms with Gasteiger partial charge in [-0.25, -0.2) is 0 Å². The minimum atomic E-state index is -0.0305. The van der Waals surface area contributed by atoms with Crippen LogP contribution in [-0.4, -0.2) is 11.4 Å². The molecule has 0 aliphatic heterocycles. The summed E-state index contributed by atoms with van der Waals surface area (Å²) in [6.07, 6.45) is 0.716. The van der Waals surface area contributed by atoms with Crippen molar-refractivity contribution in [3.63, 3.8) is 0 Å². The van der Waals surface area contributed by atoms with E-state index in [9.17, 15) is 9.90 Å². The van der Waals surface area contributed by atoms with Crippen molar-refractivity contribution in [3.8, 4) is 5.75 Å². The van der Waals surface area contributed by atoms with Crippen LogP contribution in [0.25, 0.3) is 10.1 Å². The number of thiophene rings is 1. The Hall–Kier alpha value is -1.55. The molecule has 2 rings (SSSR count). The van der Waals surface area contributed by atoms with Crippen LogP contribution in [0.2, 0.25) is 0 Å². The molecule has 0 atom stereocenters. The maximum atomic E-state index is 10.6. The zero-order valence-electron chi connectivity index (χ0n) is 6.65. The van der Waals surface area contributed by atoms with Gasteiger partial charge in [0.2, 0.25) is 0 Å². The van der Waals surface area contributed by atoms with Crippen LogP contribution in [0.1, 0.15) is 10.4 Å². The van der Waals surface area contributed by atoms with Crippen LogP contribution in [0.15, 0.2) is 17.5 Å². The van der Waals surface area contributed by atoms with Crippen LogP contribution >= 0.6 is 11.3 Å². The third kappa shape index (κ3) is 1.07. The Kier molecular flexibility index (Phi) is 1.70. The minimum absolute atomic E-state index is 0.0305. The second-order valence-corrected chi connectivity index (χ2v) is 3.60. The molecule has 0 unspecified atom stereocenters. The molecule has 1 aromatic heterocycles. The molecule has 13 heavy (non-hydrogen) atoms. The van der Waals surface area contributed by atoms with Crippen molar-refractivity contribution in [2.24, 2.45) is 0 Å². The molecule has 0 bridgehead atoms. The monoisotopic (exact) mass is 193 g/mol. The summed E-state index contributed by atoms with van der Waals surface area (Å²) in [6, 6.07) is 3.21. The number of benzene rings is 1. The summed E-state index contributed by atoms with van der Waals surface area (Å²) in [5.41, 5.74) is 6.45. The van der Waals surface area contributed by atoms with E-state index in [2.05, 4.69) is 0 Å². The highest BCUT2D eigenvalue weighted by molar-refractivity contribution is 7.18. The molecule has 0 saturated carbocycles. The van der Waals surface area contributed by atoms with E-state index in [1.807, 2.05) is 11.4 Å². The van der Waals surface area contributed by atoms with Gasteiger partial charge in [0.15, 0.2) is 6.29 Å². The van der Waals surface area contributed by atoms with Gasteiger partial charge in [0.05, 0.1) is 10.4 Å². The lowest BCUT2D eigenvalue weighted by molar-refractivity contribution is 0.112. The summed E-state index contributed by atoms with van der Waals surface area (Å²) >= 11 is 1.41. The van der Waals surface area contributed by atoms with Crippen LogP contribution in [-0.2, 0) is 0 Å². The third-order valence-corrected chi connectivity index (χ3v) is 2.86. The van der Waals surface area contributed by atoms with Crippen LogP contribution < -0.4 is 5.73 Å². The van der Waals surface area contributed by atoms with E-state index in [1.165, 1.54) is 17.4 Å². The van der Waals surface area contributed by atoms with Gasteiger partial charge in [-0.3, -0.25) is 4.79 Å². The first-order valence-electron chi connectivity index (χ1n) is 3.68. The van der Waals surface area contributed by atoms with E-state index in [0.29, 0.717) is 17.5 Å². The van der Waals surface area contributed by atoms with E-state index in [-0.39, 0.29) is 5.75 Å². The molecule has 0 radical (unpaired) electrons. The molecule has 3 nitrogen and oxygen atoms in total. The predicted octanol–water partition coefficient (Wildman–Crippen LogP) is 2.00. The zero-order valence-corrected chi connectivity index (χ0v) is 7.47. The maximum Gasteiger partial charge on any atom is 0.150 e. The highest BCUT2D eigenvalue weighted by Crippen LogP contribution is 2.35. The fourth-order valence-electron chi connectivity index (χ4n) is 1.26. The summed E-state index contributed by atoms with van der Waals surface area (Å²) < 4.78 is 0.766. The van der Waals surface area contributed by atoms with Gasteiger partial charge in [0.25, 0.3) is 0 Å². The number of phenols is 1. The van der Waals surface area contributed by atoms with Gasteiger partial charge in [-0.1, -0.05) is 0 Å². The van der Waals surface area contributed by atoms with Crippen molar-refractivity contribution in [2.45, 2.75) is 0 Å². The number of phenolic OH excluding ortho intramolecular Hbond substituents is 1. The summed E-state index contributed by atoms with van der Waals surface area (Å²) in [5, 5.41) is 12.0. The van der Waals surface area contributed by atoms with Gasteiger partial charge in [-0.2, -0.15) is 0 Å². The second-order valence-electron chi connectivity index (χ2n) is 2.68. The number of carbonyl (C=O) groups is 1. The lowest BCUT2D eigenvalue weighted by Crippen LogP contribution is -1.89. The first-order chi connectivity index (χ1) is 6.24. The number of anilines is 1. The molecule has 0 aliphatic rings. The molecule has 1 heterocycles. The van der Waals surface area contributed by atoms with Gasteiger partial charge in [0, 0.05) is 10.9 Å². The SMILES string of the molecule is Nc1c(O)cc(C=O)c2ccsc12. The van der Waals surface area contributed by atoms with Crippen molar-refractivity contribution < 1.29 is 9.90 Å². The lowest BCUT2D eigenvalue weighted by atomic mass is 10.1. The summed E-state index contributed by atoms with van der Waals surface area (Å²) in [4.78, 5) is 10.6. The molecule has 0 amide bonds. The molecule has 0 aliphatic carbocycles. The zero-order chi connectivity index (χ0) is 9.42. The molecule has 0 fully saturated rings. The van der Waals surface area contributed by atoms with Crippen molar-refractivity contribution >= 4 is 33.4 Å². The molecular formula is C9H7NO2S. The van der Waals surface area contributed by atoms with Crippen LogP contribution in [0.5, 0.6) is 5.75 Å². The number of nitrogens with two attached hydrogens (primary N) is 1. The van der Waals surface area contributed by atoms with E-state index in [4.69, 9.17) is 5.73 Å². The molecule has 1 aromatic carbocycles. The smallest absolute Gasteiger partial charge is 0.150 e. The van der Waals surface area contributed by atoms with Crippen molar-refractivity contribution in [3.05, 3.63) is 23.1 Å². The van der Waals surface area contributed by atoms with E-state index < -0.39 is 0 Å². The molecule has 4 heteroatoms. The van der Waals surface area contributed by atoms with Gasteiger partial charge >= 0.3 is 0 Å². The highest BCUT2D eigenvalue weighted by Gasteiger charge is 2.09. The Morgan fingerprint density at radius 3 is 3.00 bits per heavy atom. The van der Waals surface area contributed by atoms with Crippen molar-refractivity contribution in [1.29, 1.82) is 0 Å². The number of aromatic hydroxyl groups is 1. The largest absolute Gasteiger partial charge is 0.506 e. The number of nitrogen functional groups attached to an aromatic ring is 1. The first kappa shape index (κ1) is 8.07. The number of hydrogen-bond donors (Lipinski definition) is 2. The predicted molar refractivity (Wildman–Crippen MR) is 53.3 cm³/mol. The number of fused-ring (bicyclic) bond motifs is 1. The van der Waals surface area contributed by atoms with Crippen LogP contribution in [0, 0.1) is 0 Å². The molecule has 0 saturated heterocycles. The Bertz CT molecular complexity index is 476. The Morgan fingerprint density at radius 1 is 1.54 bits per heavy atom. The Morgan fingerprint density at radius 2 is 2.31 bits per heavy atom. The number of aldehydes is 1. The van der Waals surface area contributed by atoms with Gasteiger partial charge in [-0.15, -0.1) is 11.3 Å². The fourth-order valence-corrected chi connectivity index (χ4v) is 2.15. The van der Waals surface area contributed by atoms with Gasteiger partial charge in [-0.05, 0) is 17.5 Å². The van der Waals surface area contributed by atoms with Crippen LogP contribution in [0.3, 0.4) is 0 Å². The van der Waals surface area contributed by atoms with Crippen molar-refractivity contribution in [1.82, 2.24) is 0 Å². The van der Waals surface area contributed by atoms with E-state index in [0.717, 1.165) is 10.1 Å². The average molecular weight is 193 g/mol. The number of rotatable bonds is 1. The first-order valence-corrected chi connectivity index (χ1v) is 4.56. The van der Waals surface area contributed by atoms with Crippen molar-refractivity contribution in [2.75, 3.05) is 5.73 Å². The quantitative estimate of drug-likeness (QED) is 0.413. The molecule has 2 aromatic rings.